The minimum atomic E-state index is -0.905. The van der Waals surface area contributed by atoms with Crippen LogP contribution in [0.4, 0.5) is 5.69 Å². The fourth-order valence-corrected chi connectivity index (χ4v) is 1.54. The van der Waals surface area contributed by atoms with E-state index in [0.717, 1.165) is 0 Å². The quantitative estimate of drug-likeness (QED) is 0.434. The highest BCUT2D eigenvalue weighted by atomic mass is 16.5. The molecule has 0 bridgehead atoms. The Kier molecular flexibility index (Phi) is 6.48. The number of esters is 1. The van der Waals surface area contributed by atoms with Crippen molar-refractivity contribution in [1.29, 1.82) is 0 Å². The number of amides is 1. The Labute approximate surface area is 123 Å². The van der Waals surface area contributed by atoms with Crippen LogP contribution < -0.4 is 15.8 Å². The molecule has 3 N–H and O–H groups in total. The summed E-state index contributed by atoms with van der Waals surface area (Å²) in [6.45, 7) is 2.24. The summed E-state index contributed by atoms with van der Waals surface area (Å²) in [6, 6.07) is 4.52. The van der Waals surface area contributed by atoms with Crippen LogP contribution in [0.25, 0.3) is 0 Å². The highest BCUT2D eigenvalue weighted by molar-refractivity contribution is 5.93. The molecule has 0 saturated carbocycles. The number of carbonyl (C=O) groups is 2. The SMILES string of the molecule is COCCNC(=O)C(C)OC(=O)c1ccc(N)c(OC)c1. The van der Waals surface area contributed by atoms with E-state index in [4.69, 9.17) is 19.9 Å². The summed E-state index contributed by atoms with van der Waals surface area (Å²) in [5.74, 6) is -0.632. The van der Waals surface area contributed by atoms with Crippen LogP contribution in [0.5, 0.6) is 5.75 Å². The molecule has 0 spiro atoms. The van der Waals surface area contributed by atoms with Crippen LogP contribution >= 0.6 is 0 Å². The summed E-state index contributed by atoms with van der Waals surface area (Å²) in [4.78, 5) is 23.6. The number of hydrogen-bond acceptors (Lipinski definition) is 6. The van der Waals surface area contributed by atoms with E-state index in [-0.39, 0.29) is 11.5 Å². The Morgan fingerprint density at radius 2 is 2.05 bits per heavy atom. The van der Waals surface area contributed by atoms with Gasteiger partial charge in [-0.25, -0.2) is 4.79 Å². The molecule has 1 atom stereocenters. The first-order valence-corrected chi connectivity index (χ1v) is 6.40. The molecule has 0 radical (unpaired) electrons. The van der Waals surface area contributed by atoms with Gasteiger partial charge in [-0.15, -0.1) is 0 Å². The van der Waals surface area contributed by atoms with Crippen molar-refractivity contribution in [2.75, 3.05) is 33.1 Å². The number of rotatable bonds is 7. The van der Waals surface area contributed by atoms with Gasteiger partial charge in [-0.3, -0.25) is 4.79 Å². The zero-order valence-corrected chi connectivity index (χ0v) is 12.3. The highest BCUT2D eigenvalue weighted by Gasteiger charge is 2.19. The van der Waals surface area contributed by atoms with Crippen LogP contribution in [0.15, 0.2) is 18.2 Å². The molecule has 0 aromatic heterocycles. The Hall–Kier alpha value is -2.28. The lowest BCUT2D eigenvalue weighted by Gasteiger charge is -2.14. The van der Waals surface area contributed by atoms with Crippen LogP contribution in [-0.4, -0.2) is 45.4 Å². The smallest absolute Gasteiger partial charge is 0.339 e. The highest BCUT2D eigenvalue weighted by Crippen LogP contribution is 2.22. The van der Waals surface area contributed by atoms with Gasteiger partial charge < -0.3 is 25.3 Å². The number of nitrogens with one attached hydrogen (secondary N) is 1. The van der Waals surface area contributed by atoms with E-state index in [1.54, 1.807) is 6.07 Å². The van der Waals surface area contributed by atoms with Crippen molar-refractivity contribution < 1.29 is 23.8 Å². The molecule has 0 aliphatic heterocycles. The van der Waals surface area contributed by atoms with Gasteiger partial charge in [0, 0.05) is 13.7 Å². The van der Waals surface area contributed by atoms with Gasteiger partial charge in [0.2, 0.25) is 0 Å². The van der Waals surface area contributed by atoms with E-state index < -0.39 is 12.1 Å². The summed E-state index contributed by atoms with van der Waals surface area (Å²) in [5, 5.41) is 2.59. The average Bonchev–Trinajstić information content (AvgIpc) is 2.47. The zero-order chi connectivity index (χ0) is 15.8. The topological polar surface area (TPSA) is 99.9 Å². The van der Waals surface area contributed by atoms with Crippen molar-refractivity contribution in [2.24, 2.45) is 0 Å². The summed E-state index contributed by atoms with van der Waals surface area (Å²) >= 11 is 0. The van der Waals surface area contributed by atoms with E-state index in [1.165, 1.54) is 33.3 Å². The van der Waals surface area contributed by atoms with Gasteiger partial charge in [-0.2, -0.15) is 0 Å². The van der Waals surface area contributed by atoms with Gasteiger partial charge in [-0.05, 0) is 25.1 Å². The van der Waals surface area contributed by atoms with E-state index >= 15 is 0 Å². The molecule has 0 aliphatic rings. The Balaban J connectivity index is 2.61. The minimum absolute atomic E-state index is 0.262. The lowest BCUT2D eigenvalue weighted by molar-refractivity contribution is -0.129. The number of methoxy groups -OCH3 is 2. The molecule has 7 heteroatoms. The molecular formula is C14H20N2O5. The van der Waals surface area contributed by atoms with Crippen LogP contribution in [0.3, 0.4) is 0 Å². The lowest BCUT2D eigenvalue weighted by atomic mass is 10.2. The van der Waals surface area contributed by atoms with Gasteiger partial charge in [-0.1, -0.05) is 0 Å². The summed E-state index contributed by atoms with van der Waals surface area (Å²) in [7, 11) is 2.98. The van der Waals surface area contributed by atoms with Crippen LogP contribution in [-0.2, 0) is 14.3 Å². The molecule has 1 aromatic rings. The molecule has 0 saturated heterocycles. The number of benzene rings is 1. The average molecular weight is 296 g/mol. The molecule has 0 aliphatic carbocycles. The van der Waals surface area contributed by atoms with Gasteiger partial charge >= 0.3 is 5.97 Å². The Morgan fingerprint density at radius 3 is 2.67 bits per heavy atom. The Morgan fingerprint density at radius 1 is 1.33 bits per heavy atom. The van der Waals surface area contributed by atoms with E-state index in [2.05, 4.69) is 5.32 Å². The first kappa shape index (κ1) is 16.8. The molecule has 1 unspecified atom stereocenters. The Bertz CT molecular complexity index is 504. The zero-order valence-electron chi connectivity index (χ0n) is 12.3. The minimum Gasteiger partial charge on any atom is -0.495 e. The normalized spacial score (nSPS) is 11.6. The third-order valence-corrected chi connectivity index (χ3v) is 2.73. The second-order valence-corrected chi connectivity index (χ2v) is 4.29. The maximum Gasteiger partial charge on any atom is 0.339 e. The summed E-state index contributed by atoms with van der Waals surface area (Å²) in [6.07, 6.45) is -0.905. The van der Waals surface area contributed by atoms with Crippen LogP contribution in [0.1, 0.15) is 17.3 Å². The number of hydrogen-bond donors (Lipinski definition) is 2. The molecule has 0 heterocycles. The molecule has 0 fully saturated rings. The predicted octanol–water partition coefficient (Wildman–Crippen LogP) is 0.585. The van der Waals surface area contributed by atoms with Gasteiger partial charge in [0.15, 0.2) is 6.10 Å². The molecule has 7 nitrogen and oxygen atoms in total. The number of carbonyl (C=O) groups excluding carboxylic acids is 2. The molecular weight excluding hydrogens is 276 g/mol. The van der Waals surface area contributed by atoms with E-state index in [9.17, 15) is 9.59 Å². The van der Waals surface area contributed by atoms with Gasteiger partial charge in [0.25, 0.3) is 5.91 Å². The first-order chi connectivity index (χ1) is 9.99. The lowest BCUT2D eigenvalue weighted by Crippen LogP contribution is -2.37. The van der Waals surface area contributed by atoms with E-state index in [1.807, 2.05) is 0 Å². The van der Waals surface area contributed by atoms with Gasteiger partial charge in [0.1, 0.15) is 5.75 Å². The number of nitrogen functional groups attached to an aromatic ring is 1. The molecule has 21 heavy (non-hydrogen) atoms. The monoisotopic (exact) mass is 296 g/mol. The predicted molar refractivity (Wildman–Crippen MR) is 77.2 cm³/mol. The third-order valence-electron chi connectivity index (χ3n) is 2.73. The third kappa shape index (κ3) is 4.96. The van der Waals surface area contributed by atoms with Crippen molar-refractivity contribution in [2.45, 2.75) is 13.0 Å². The number of ether oxygens (including phenoxy) is 3. The standard InChI is InChI=1S/C14H20N2O5/c1-9(13(17)16-6-7-19-2)21-14(18)10-4-5-11(15)12(8-10)20-3/h4-5,8-9H,6-7,15H2,1-3H3,(H,16,17). The molecule has 1 aromatic carbocycles. The van der Waals surface area contributed by atoms with Gasteiger partial charge in [0.05, 0.1) is 25.0 Å². The molecule has 1 rings (SSSR count). The molecule has 116 valence electrons. The largest absolute Gasteiger partial charge is 0.495 e. The van der Waals surface area contributed by atoms with E-state index in [0.29, 0.717) is 24.6 Å². The summed E-state index contributed by atoms with van der Waals surface area (Å²) in [5.41, 5.74) is 6.34. The van der Waals surface area contributed by atoms with Crippen LogP contribution in [0.2, 0.25) is 0 Å². The van der Waals surface area contributed by atoms with Crippen molar-refractivity contribution in [1.82, 2.24) is 5.32 Å². The maximum atomic E-state index is 11.9. The number of anilines is 1. The van der Waals surface area contributed by atoms with Crippen molar-refractivity contribution >= 4 is 17.6 Å². The second-order valence-electron chi connectivity index (χ2n) is 4.29. The van der Waals surface area contributed by atoms with Crippen molar-refractivity contribution in [3.63, 3.8) is 0 Å². The van der Waals surface area contributed by atoms with Crippen LogP contribution in [0, 0.1) is 0 Å². The number of nitrogens with two attached hydrogens (primary N) is 1. The maximum absolute atomic E-state index is 11.9. The summed E-state index contributed by atoms with van der Waals surface area (Å²) < 4.78 is 14.9. The first-order valence-electron chi connectivity index (χ1n) is 6.40. The van der Waals surface area contributed by atoms with Crippen molar-refractivity contribution in [3.05, 3.63) is 23.8 Å². The molecule has 1 amide bonds. The van der Waals surface area contributed by atoms with Crippen molar-refractivity contribution in [3.8, 4) is 5.75 Å². The fourth-order valence-electron chi connectivity index (χ4n) is 1.54. The second kappa shape index (κ2) is 8.11. The fraction of sp³-hybridized carbons (Fsp3) is 0.429.